The molecule has 29 heavy (non-hydrogen) atoms. The Morgan fingerprint density at radius 1 is 1.07 bits per heavy atom. The Kier molecular flexibility index (Phi) is 6.50. The molecule has 3 N–H and O–H groups in total. The van der Waals surface area contributed by atoms with Gasteiger partial charge in [-0.15, -0.1) is 0 Å². The Morgan fingerprint density at radius 2 is 1.76 bits per heavy atom. The van der Waals surface area contributed by atoms with Gasteiger partial charge in [-0.1, -0.05) is 15.9 Å². The Balaban J connectivity index is 1.53. The minimum atomic E-state index is -0.441. The molecule has 0 saturated heterocycles. The maximum atomic E-state index is 12.4. The monoisotopic (exact) mass is 457 g/mol. The van der Waals surface area contributed by atoms with Crippen molar-refractivity contribution in [2.45, 2.75) is 6.92 Å². The first kappa shape index (κ1) is 20.4. The topological polar surface area (TPSA) is 97.3 Å². The zero-order valence-corrected chi connectivity index (χ0v) is 17.5. The number of carbonyl (C=O) groups excluding carboxylic acids is 2. The first-order valence-corrected chi connectivity index (χ1v) is 9.55. The van der Waals surface area contributed by atoms with E-state index in [1.54, 1.807) is 43.0 Å². The number of anilines is 1. The van der Waals surface area contributed by atoms with Crippen LogP contribution in [0.2, 0.25) is 0 Å². The third-order valence-corrected chi connectivity index (χ3v) is 4.71. The first-order valence-electron chi connectivity index (χ1n) is 8.75. The average molecular weight is 458 g/mol. The van der Waals surface area contributed by atoms with Crippen LogP contribution in [0.15, 0.2) is 59.2 Å². The van der Waals surface area contributed by atoms with Gasteiger partial charge in [0.15, 0.2) is 0 Å². The van der Waals surface area contributed by atoms with E-state index in [4.69, 9.17) is 4.74 Å². The molecular weight excluding hydrogens is 438 g/mol. The van der Waals surface area contributed by atoms with Crippen LogP contribution < -0.4 is 20.9 Å². The lowest BCUT2D eigenvalue weighted by Crippen LogP contribution is -2.44. The van der Waals surface area contributed by atoms with E-state index >= 15 is 0 Å². The largest absolute Gasteiger partial charge is 0.497 e. The molecule has 9 heteroatoms. The summed E-state index contributed by atoms with van der Waals surface area (Å²) in [6.07, 6.45) is 1.47. The summed E-state index contributed by atoms with van der Waals surface area (Å²) in [6.45, 7) is 1.79. The van der Waals surface area contributed by atoms with Crippen molar-refractivity contribution in [3.05, 3.63) is 70.5 Å². The molecule has 0 spiro atoms. The van der Waals surface area contributed by atoms with E-state index in [0.29, 0.717) is 11.3 Å². The molecule has 0 saturated carbocycles. The number of hydrazine groups is 1. The SMILES string of the molecule is COc1ccc(NCC(=O)NNC(=O)c2cnn(-c3ccc(Br)cc3)c2C)cc1. The molecular formula is C20H20BrN5O3. The molecule has 1 aromatic heterocycles. The number of ether oxygens (including phenoxy) is 1. The van der Waals surface area contributed by atoms with E-state index < -0.39 is 5.91 Å². The first-order chi connectivity index (χ1) is 14.0. The normalized spacial score (nSPS) is 10.3. The average Bonchev–Trinajstić information content (AvgIpc) is 3.12. The highest BCUT2D eigenvalue weighted by Crippen LogP contribution is 2.17. The van der Waals surface area contributed by atoms with Crippen LogP contribution in [0.25, 0.3) is 5.69 Å². The second-order valence-corrected chi connectivity index (χ2v) is 7.03. The van der Waals surface area contributed by atoms with Crippen LogP contribution in [0.3, 0.4) is 0 Å². The third kappa shape index (κ3) is 5.14. The van der Waals surface area contributed by atoms with Gasteiger partial charge >= 0.3 is 0 Å². The summed E-state index contributed by atoms with van der Waals surface area (Å²) < 4.78 is 7.70. The summed E-state index contributed by atoms with van der Waals surface area (Å²) >= 11 is 3.39. The van der Waals surface area contributed by atoms with Gasteiger partial charge in [-0.25, -0.2) is 4.68 Å². The van der Waals surface area contributed by atoms with Crippen molar-refractivity contribution in [2.24, 2.45) is 0 Å². The van der Waals surface area contributed by atoms with Gasteiger partial charge in [0.2, 0.25) is 0 Å². The van der Waals surface area contributed by atoms with Gasteiger partial charge in [0.1, 0.15) is 5.75 Å². The number of amides is 2. The van der Waals surface area contributed by atoms with Crippen LogP contribution in [-0.4, -0.2) is 35.2 Å². The molecule has 0 bridgehead atoms. The fraction of sp³-hybridized carbons (Fsp3) is 0.150. The van der Waals surface area contributed by atoms with Crippen molar-refractivity contribution in [3.63, 3.8) is 0 Å². The Hall–Kier alpha value is -3.33. The number of methoxy groups -OCH3 is 1. The number of nitrogens with one attached hydrogen (secondary N) is 3. The smallest absolute Gasteiger partial charge is 0.273 e. The van der Waals surface area contributed by atoms with Crippen molar-refractivity contribution in [1.82, 2.24) is 20.6 Å². The molecule has 150 valence electrons. The number of nitrogens with zero attached hydrogens (tertiary/aromatic N) is 2. The van der Waals surface area contributed by atoms with Crippen LogP contribution in [0.5, 0.6) is 5.75 Å². The Bertz CT molecular complexity index is 1000. The standard InChI is InChI=1S/C20H20BrN5O3/c1-13-18(11-23-26(13)16-7-3-14(21)4-8-16)20(28)25-24-19(27)12-22-15-5-9-17(29-2)10-6-15/h3-11,22H,12H2,1-2H3,(H,24,27)(H,25,28). The summed E-state index contributed by atoms with van der Waals surface area (Å²) in [5.74, 6) is -0.0953. The van der Waals surface area contributed by atoms with Crippen LogP contribution in [-0.2, 0) is 4.79 Å². The van der Waals surface area contributed by atoms with E-state index in [1.165, 1.54) is 6.20 Å². The maximum absolute atomic E-state index is 12.4. The highest BCUT2D eigenvalue weighted by Gasteiger charge is 2.15. The minimum absolute atomic E-state index is 0.00372. The van der Waals surface area contributed by atoms with Crippen molar-refractivity contribution >= 4 is 33.4 Å². The van der Waals surface area contributed by atoms with Crippen molar-refractivity contribution in [1.29, 1.82) is 0 Å². The number of carbonyl (C=O) groups is 2. The second kappa shape index (κ2) is 9.24. The van der Waals surface area contributed by atoms with Gasteiger partial charge < -0.3 is 10.1 Å². The molecule has 0 aliphatic carbocycles. The highest BCUT2D eigenvalue weighted by molar-refractivity contribution is 9.10. The predicted octanol–water partition coefficient (Wildman–Crippen LogP) is 2.82. The van der Waals surface area contributed by atoms with Crippen LogP contribution in [0.4, 0.5) is 5.69 Å². The number of rotatable bonds is 6. The van der Waals surface area contributed by atoms with E-state index in [-0.39, 0.29) is 12.5 Å². The molecule has 3 rings (SSSR count). The minimum Gasteiger partial charge on any atom is -0.497 e. The Morgan fingerprint density at radius 3 is 2.41 bits per heavy atom. The maximum Gasteiger partial charge on any atom is 0.273 e. The molecule has 0 fully saturated rings. The van der Waals surface area contributed by atoms with E-state index in [9.17, 15) is 9.59 Å². The van der Waals surface area contributed by atoms with Gasteiger partial charge in [-0.05, 0) is 55.5 Å². The summed E-state index contributed by atoms with van der Waals surface area (Å²) in [5, 5.41) is 7.22. The number of hydrogen-bond donors (Lipinski definition) is 3. The quantitative estimate of drug-likeness (QED) is 0.494. The third-order valence-electron chi connectivity index (χ3n) is 4.18. The van der Waals surface area contributed by atoms with Gasteiger partial charge in [0.05, 0.1) is 36.8 Å². The molecule has 1 heterocycles. The predicted molar refractivity (Wildman–Crippen MR) is 113 cm³/mol. The van der Waals surface area contributed by atoms with Crippen molar-refractivity contribution in [2.75, 3.05) is 19.0 Å². The summed E-state index contributed by atoms with van der Waals surface area (Å²) in [5.41, 5.74) is 7.43. The molecule has 0 atom stereocenters. The van der Waals surface area contributed by atoms with Gasteiger partial charge in [0.25, 0.3) is 11.8 Å². The van der Waals surface area contributed by atoms with E-state index in [2.05, 4.69) is 37.2 Å². The van der Waals surface area contributed by atoms with Crippen LogP contribution in [0, 0.1) is 6.92 Å². The zero-order valence-electron chi connectivity index (χ0n) is 15.9. The summed E-state index contributed by atoms with van der Waals surface area (Å²) in [6, 6.07) is 14.7. The lowest BCUT2D eigenvalue weighted by atomic mass is 10.2. The highest BCUT2D eigenvalue weighted by atomic mass is 79.9. The molecule has 3 aromatic rings. The lowest BCUT2D eigenvalue weighted by Gasteiger charge is -2.10. The van der Waals surface area contributed by atoms with E-state index in [1.807, 2.05) is 24.3 Å². The number of benzene rings is 2. The Labute approximate surface area is 176 Å². The molecule has 0 unspecified atom stereocenters. The molecule has 0 aliphatic heterocycles. The van der Waals surface area contributed by atoms with Gasteiger partial charge in [-0.3, -0.25) is 20.4 Å². The molecule has 0 aliphatic rings. The number of aromatic nitrogens is 2. The number of hydrogen-bond acceptors (Lipinski definition) is 5. The van der Waals surface area contributed by atoms with Crippen LogP contribution >= 0.6 is 15.9 Å². The molecule has 2 aromatic carbocycles. The summed E-state index contributed by atoms with van der Waals surface area (Å²) in [4.78, 5) is 24.4. The van der Waals surface area contributed by atoms with Crippen molar-refractivity contribution < 1.29 is 14.3 Å². The van der Waals surface area contributed by atoms with Gasteiger partial charge in [0, 0.05) is 10.2 Å². The second-order valence-electron chi connectivity index (χ2n) is 6.12. The lowest BCUT2D eigenvalue weighted by molar-refractivity contribution is -0.120. The molecule has 2 amide bonds. The van der Waals surface area contributed by atoms with E-state index in [0.717, 1.165) is 21.6 Å². The fourth-order valence-electron chi connectivity index (χ4n) is 2.60. The number of halogens is 1. The zero-order chi connectivity index (χ0) is 20.8. The van der Waals surface area contributed by atoms with Gasteiger partial charge in [-0.2, -0.15) is 5.10 Å². The molecule has 8 nitrogen and oxygen atoms in total. The fourth-order valence-corrected chi connectivity index (χ4v) is 2.87. The molecule has 0 radical (unpaired) electrons. The van der Waals surface area contributed by atoms with Crippen molar-refractivity contribution in [3.8, 4) is 11.4 Å². The summed E-state index contributed by atoms with van der Waals surface area (Å²) in [7, 11) is 1.59. The van der Waals surface area contributed by atoms with Crippen LogP contribution in [0.1, 0.15) is 16.1 Å².